The van der Waals surface area contributed by atoms with Crippen LogP contribution in [0.15, 0.2) is 27.3 Å². The van der Waals surface area contributed by atoms with E-state index < -0.39 is 0 Å². The zero-order valence-corrected chi connectivity index (χ0v) is 10.5. The maximum absolute atomic E-state index is 11.4. The number of furan rings is 1. The molecule has 1 fully saturated rings. The fourth-order valence-electron chi connectivity index (χ4n) is 2.06. The van der Waals surface area contributed by atoms with Gasteiger partial charge in [-0.05, 0) is 19.1 Å². The molecule has 0 bridgehead atoms. The van der Waals surface area contributed by atoms with Crippen LogP contribution in [0.1, 0.15) is 18.9 Å². The number of hydrogen-bond acceptors (Lipinski definition) is 6. The van der Waals surface area contributed by atoms with Crippen molar-refractivity contribution in [2.45, 2.75) is 13.0 Å². The minimum Gasteiger partial charge on any atom is -0.461 e. The molecule has 2 aromatic heterocycles. The molecule has 1 saturated heterocycles. The summed E-state index contributed by atoms with van der Waals surface area (Å²) < 4.78 is 10.5. The Kier molecular flexibility index (Phi) is 3.04. The number of rotatable bonds is 3. The SMILES string of the molecule is C[C@@H](c1nc(-c2ccco2)no1)N1CCNC(=O)C1. The second-order valence-corrected chi connectivity index (χ2v) is 4.43. The summed E-state index contributed by atoms with van der Waals surface area (Å²) in [5.41, 5.74) is 0. The normalized spacial score (nSPS) is 18.3. The van der Waals surface area contributed by atoms with Crippen LogP contribution in [0, 0.1) is 0 Å². The number of aromatic nitrogens is 2. The molecule has 0 aliphatic carbocycles. The van der Waals surface area contributed by atoms with Gasteiger partial charge in [0.25, 0.3) is 0 Å². The van der Waals surface area contributed by atoms with Gasteiger partial charge in [0.2, 0.25) is 17.6 Å². The average molecular weight is 262 g/mol. The summed E-state index contributed by atoms with van der Waals surface area (Å²) in [7, 11) is 0. The van der Waals surface area contributed by atoms with Crippen molar-refractivity contribution in [2.75, 3.05) is 19.6 Å². The Morgan fingerprint density at radius 2 is 2.42 bits per heavy atom. The fourth-order valence-corrected chi connectivity index (χ4v) is 2.06. The molecule has 0 aromatic carbocycles. The number of amides is 1. The quantitative estimate of drug-likeness (QED) is 0.881. The van der Waals surface area contributed by atoms with Crippen molar-refractivity contribution in [3.63, 3.8) is 0 Å². The van der Waals surface area contributed by atoms with E-state index in [1.165, 1.54) is 0 Å². The first-order valence-corrected chi connectivity index (χ1v) is 6.12. The Morgan fingerprint density at radius 1 is 1.53 bits per heavy atom. The van der Waals surface area contributed by atoms with Gasteiger partial charge in [-0.15, -0.1) is 0 Å². The third kappa shape index (κ3) is 2.37. The van der Waals surface area contributed by atoms with Gasteiger partial charge in [-0.2, -0.15) is 4.98 Å². The van der Waals surface area contributed by atoms with E-state index in [2.05, 4.69) is 15.5 Å². The topological polar surface area (TPSA) is 84.4 Å². The van der Waals surface area contributed by atoms with Gasteiger partial charge in [0.05, 0.1) is 18.8 Å². The summed E-state index contributed by atoms with van der Waals surface area (Å²) in [6.07, 6.45) is 1.56. The van der Waals surface area contributed by atoms with E-state index in [9.17, 15) is 4.79 Å². The Bertz CT molecular complexity index is 563. The van der Waals surface area contributed by atoms with Gasteiger partial charge in [0.15, 0.2) is 5.76 Å². The second kappa shape index (κ2) is 4.85. The maximum atomic E-state index is 11.4. The predicted octanol–water partition coefficient (Wildman–Crippen LogP) is 0.822. The van der Waals surface area contributed by atoms with E-state index in [0.717, 1.165) is 6.54 Å². The summed E-state index contributed by atoms with van der Waals surface area (Å²) >= 11 is 0. The Balaban J connectivity index is 1.77. The fraction of sp³-hybridized carbons (Fsp3) is 0.417. The van der Waals surface area contributed by atoms with Crippen molar-refractivity contribution < 1.29 is 13.7 Å². The van der Waals surface area contributed by atoms with E-state index in [-0.39, 0.29) is 11.9 Å². The molecule has 3 rings (SSSR count). The molecule has 100 valence electrons. The summed E-state index contributed by atoms with van der Waals surface area (Å²) in [6.45, 7) is 3.70. The van der Waals surface area contributed by atoms with Crippen LogP contribution in [-0.4, -0.2) is 40.6 Å². The van der Waals surface area contributed by atoms with Crippen LogP contribution in [-0.2, 0) is 4.79 Å². The average Bonchev–Trinajstić information content (AvgIpc) is 3.08. The monoisotopic (exact) mass is 262 g/mol. The van der Waals surface area contributed by atoms with Gasteiger partial charge in [0, 0.05) is 13.1 Å². The van der Waals surface area contributed by atoms with Crippen LogP contribution in [0.2, 0.25) is 0 Å². The maximum Gasteiger partial charge on any atom is 0.244 e. The van der Waals surface area contributed by atoms with Crippen molar-refractivity contribution in [3.8, 4) is 11.6 Å². The minimum atomic E-state index is -0.0951. The van der Waals surface area contributed by atoms with Gasteiger partial charge >= 0.3 is 0 Å². The molecule has 1 aliphatic rings. The Hall–Kier alpha value is -2.15. The molecule has 7 heteroatoms. The van der Waals surface area contributed by atoms with Crippen molar-refractivity contribution in [2.24, 2.45) is 0 Å². The molecule has 0 saturated carbocycles. The van der Waals surface area contributed by atoms with Gasteiger partial charge < -0.3 is 14.3 Å². The van der Waals surface area contributed by atoms with Crippen LogP contribution in [0.4, 0.5) is 0 Å². The smallest absolute Gasteiger partial charge is 0.244 e. The zero-order chi connectivity index (χ0) is 13.2. The van der Waals surface area contributed by atoms with Gasteiger partial charge in [-0.3, -0.25) is 9.69 Å². The van der Waals surface area contributed by atoms with E-state index in [1.54, 1.807) is 18.4 Å². The van der Waals surface area contributed by atoms with Crippen LogP contribution >= 0.6 is 0 Å². The predicted molar refractivity (Wildman–Crippen MR) is 65.0 cm³/mol. The molecule has 0 unspecified atom stereocenters. The molecule has 0 radical (unpaired) electrons. The summed E-state index contributed by atoms with van der Waals surface area (Å²) in [5, 5.41) is 6.67. The molecule has 7 nitrogen and oxygen atoms in total. The van der Waals surface area contributed by atoms with E-state index in [1.807, 2.05) is 11.8 Å². The Labute approximate surface area is 109 Å². The molecule has 1 atom stereocenters. The first kappa shape index (κ1) is 11.9. The Morgan fingerprint density at radius 3 is 3.16 bits per heavy atom. The van der Waals surface area contributed by atoms with Crippen molar-refractivity contribution >= 4 is 5.91 Å². The molecule has 1 N–H and O–H groups in total. The number of nitrogens with one attached hydrogen (secondary N) is 1. The first-order chi connectivity index (χ1) is 9.24. The molecule has 2 aromatic rings. The molecular weight excluding hydrogens is 248 g/mol. The van der Waals surface area contributed by atoms with Crippen LogP contribution < -0.4 is 5.32 Å². The van der Waals surface area contributed by atoms with Crippen LogP contribution in [0.5, 0.6) is 0 Å². The first-order valence-electron chi connectivity index (χ1n) is 6.12. The van der Waals surface area contributed by atoms with E-state index >= 15 is 0 Å². The molecule has 1 amide bonds. The highest BCUT2D eigenvalue weighted by Gasteiger charge is 2.26. The lowest BCUT2D eigenvalue weighted by molar-refractivity contribution is -0.125. The molecule has 1 aliphatic heterocycles. The minimum absolute atomic E-state index is 0.0175. The van der Waals surface area contributed by atoms with Gasteiger partial charge in [0.1, 0.15) is 0 Å². The standard InChI is InChI=1S/C12H14N4O3/c1-8(16-5-4-13-10(17)7-16)12-14-11(15-19-12)9-3-2-6-18-9/h2-3,6,8H,4-5,7H2,1H3,(H,13,17)/t8-/m0/s1. The van der Waals surface area contributed by atoms with E-state index in [0.29, 0.717) is 30.6 Å². The van der Waals surface area contributed by atoms with Crippen LogP contribution in [0.3, 0.4) is 0 Å². The molecule has 3 heterocycles. The molecule has 0 spiro atoms. The lowest BCUT2D eigenvalue weighted by Gasteiger charge is -2.29. The number of nitrogens with zero attached hydrogens (tertiary/aromatic N) is 3. The molecular formula is C12H14N4O3. The van der Waals surface area contributed by atoms with Crippen molar-refractivity contribution in [3.05, 3.63) is 24.3 Å². The number of carbonyl (C=O) groups is 1. The highest BCUT2D eigenvalue weighted by molar-refractivity contribution is 5.78. The van der Waals surface area contributed by atoms with Crippen LogP contribution in [0.25, 0.3) is 11.6 Å². The molecule has 19 heavy (non-hydrogen) atoms. The second-order valence-electron chi connectivity index (χ2n) is 4.43. The lowest BCUT2D eigenvalue weighted by Crippen LogP contribution is -2.48. The highest BCUT2D eigenvalue weighted by atomic mass is 16.5. The van der Waals surface area contributed by atoms with E-state index in [4.69, 9.17) is 8.94 Å². The summed E-state index contributed by atoms with van der Waals surface area (Å²) in [4.78, 5) is 17.7. The third-order valence-corrected chi connectivity index (χ3v) is 3.16. The zero-order valence-electron chi connectivity index (χ0n) is 10.5. The number of carbonyl (C=O) groups excluding carboxylic acids is 1. The highest BCUT2D eigenvalue weighted by Crippen LogP contribution is 2.22. The van der Waals surface area contributed by atoms with Crippen molar-refractivity contribution in [1.29, 1.82) is 0 Å². The number of piperazine rings is 1. The largest absolute Gasteiger partial charge is 0.461 e. The summed E-state index contributed by atoms with van der Waals surface area (Å²) in [5.74, 6) is 1.50. The summed E-state index contributed by atoms with van der Waals surface area (Å²) in [6, 6.07) is 3.44. The van der Waals surface area contributed by atoms with Gasteiger partial charge in [-0.1, -0.05) is 5.16 Å². The lowest BCUT2D eigenvalue weighted by atomic mass is 10.2. The number of hydrogen-bond donors (Lipinski definition) is 1. The van der Waals surface area contributed by atoms with Gasteiger partial charge in [-0.25, -0.2) is 0 Å². The third-order valence-electron chi connectivity index (χ3n) is 3.16. The van der Waals surface area contributed by atoms with Crippen molar-refractivity contribution in [1.82, 2.24) is 20.4 Å².